The highest BCUT2D eigenvalue weighted by Crippen LogP contribution is 2.24. The van der Waals surface area contributed by atoms with E-state index >= 15 is 0 Å². The van der Waals surface area contributed by atoms with Crippen molar-refractivity contribution in [3.63, 3.8) is 0 Å². The number of aromatic nitrogens is 3. The number of carbonyl (C=O) groups excluding carboxylic acids is 1. The third-order valence-corrected chi connectivity index (χ3v) is 3.59. The fourth-order valence-corrected chi connectivity index (χ4v) is 2.31. The molecule has 0 aliphatic rings. The molecule has 0 radical (unpaired) electrons. The molecule has 0 atom stereocenters. The molecule has 0 unspecified atom stereocenters. The van der Waals surface area contributed by atoms with Crippen molar-refractivity contribution in [2.24, 2.45) is 0 Å². The quantitative estimate of drug-likeness (QED) is 0.682. The minimum atomic E-state index is -0.664. The summed E-state index contributed by atoms with van der Waals surface area (Å²) >= 11 is 0. The Morgan fingerprint density at radius 2 is 1.77 bits per heavy atom. The number of benzene rings is 2. The van der Waals surface area contributed by atoms with Crippen molar-refractivity contribution in [3.05, 3.63) is 65.4 Å². The van der Waals surface area contributed by atoms with E-state index in [1.165, 1.54) is 18.2 Å². The number of hydrogen-bond donors (Lipinski definition) is 1. The summed E-state index contributed by atoms with van der Waals surface area (Å²) in [5, 5.41) is 10.2. The van der Waals surface area contributed by atoms with Crippen LogP contribution in [0.3, 0.4) is 0 Å². The van der Waals surface area contributed by atoms with Crippen molar-refractivity contribution in [2.75, 3.05) is 6.61 Å². The Hall–Kier alpha value is -3.29. The molecule has 0 aliphatic heterocycles. The van der Waals surface area contributed by atoms with Crippen molar-refractivity contribution in [1.29, 1.82) is 0 Å². The number of nitrogens with one attached hydrogen (secondary N) is 1. The van der Waals surface area contributed by atoms with E-state index in [1.807, 2.05) is 0 Å². The van der Waals surface area contributed by atoms with Crippen LogP contribution in [0.4, 0.5) is 8.78 Å². The molecule has 3 rings (SSSR count). The summed E-state index contributed by atoms with van der Waals surface area (Å²) in [6.45, 7) is 1.68. The molecule has 0 bridgehead atoms. The number of nitrogens with zero attached hydrogens (tertiary/aromatic N) is 2. The van der Waals surface area contributed by atoms with Crippen LogP contribution < -0.4 is 4.74 Å². The number of aromatic amines is 1. The first-order chi connectivity index (χ1) is 12.6. The number of ether oxygens (including phenoxy) is 2. The molecule has 0 aliphatic carbocycles. The lowest BCUT2D eigenvalue weighted by molar-refractivity contribution is 0.0520. The lowest BCUT2D eigenvalue weighted by Gasteiger charge is -2.08. The number of halogens is 2. The van der Waals surface area contributed by atoms with Crippen LogP contribution >= 0.6 is 0 Å². The molecular formula is C18H15F2N3O3. The van der Waals surface area contributed by atoms with E-state index < -0.39 is 17.6 Å². The summed E-state index contributed by atoms with van der Waals surface area (Å²) in [4.78, 5) is 11.8. The maximum atomic E-state index is 13.6. The number of hydrogen-bond acceptors (Lipinski definition) is 5. The SMILES string of the molecule is CCOC(=O)c1n[nH]nc1-c1ccc(OCc2c(F)cccc2F)cc1. The Bertz CT molecular complexity index is 890. The Balaban J connectivity index is 1.74. The van der Waals surface area contributed by atoms with Gasteiger partial charge in [-0.2, -0.15) is 10.3 Å². The first kappa shape index (κ1) is 17.5. The smallest absolute Gasteiger partial charge is 0.361 e. The van der Waals surface area contributed by atoms with E-state index in [-0.39, 0.29) is 24.5 Å². The molecule has 0 saturated carbocycles. The second-order valence-corrected chi connectivity index (χ2v) is 5.25. The number of carbonyl (C=O) groups is 1. The predicted molar refractivity (Wildman–Crippen MR) is 88.5 cm³/mol. The Morgan fingerprint density at radius 1 is 1.08 bits per heavy atom. The average Bonchev–Trinajstić information content (AvgIpc) is 3.12. The van der Waals surface area contributed by atoms with E-state index in [0.29, 0.717) is 17.0 Å². The van der Waals surface area contributed by atoms with Crippen LogP contribution in [0.1, 0.15) is 23.0 Å². The van der Waals surface area contributed by atoms with Gasteiger partial charge in [0.15, 0.2) is 5.69 Å². The van der Waals surface area contributed by atoms with E-state index in [9.17, 15) is 13.6 Å². The average molecular weight is 359 g/mol. The maximum absolute atomic E-state index is 13.6. The van der Waals surface area contributed by atoms with Crippen LogP contribution in [0.5, 0.6) is 5.75 Å². The van der Waals surface area contributed by atoms with Crippen LogP contribution in [0, 0.1) is 11.6 Å². The van der Waals surface area contributed by atoms with Crippen molar-refractivity contribution in [2.45, 2.75) is 13.5 Å². The van der Waals surface area contributed by atoms with E-state index in [0.717, 1.165) is 0 Å². The largest absolute Gasteiger partial charge is 0.489 e. The minimum Gasteiger partial charge on any atom is -0.489 e. The Labute approximate surface area is 147 Å². The lowest BCUT2D eigenvalue weighted by atomic mass is 10.1. The molecular weight excluding hydrogens is 344 g/mol. The standard InChI is InChI=1S/C18H15F2N3O3/c1-2-25-18(24)17-16(21-23-22-17)11-6-8-12(9-7-11)26-10-13-14(19)4-3-5-15(13)20/h3-9H,2,10H2,1H3,(H,21,22,23). The highest BCUT2D eigenvalue weighted by Gasteiger charge is 2.19. The predicted octanol–water partition coefficient (Wildman–Crippen LogP) is 3.51. The van der Waals surface area contributed by atoms with Gasteiger partial charge >= 0.3 is 5.97 Å². The van der Waals surface area contributed by atoms with E-state index in [2.05, 4.69) is 15.4 Å². The van der Waals surface area contributed by atoms with E-state index in [4.69, 9.17) is 9.47 Å². The van der Waals surface area contributed by atoms with Crippen LogP contribution in [0.15, 0.2) is 42.5 Å². The highest BCUT2D eigenvalue weighted by molar-refractivity contribution is 5.93. The van der Waals surface area contributed by atoms with E-state index in [1.54, 1.807) is 31.2 Å². The first-order valence-electron chi connectivity index (χ1n) is 7.84. The monoisotopic (exact) mass is 359 g/mol. The van der Waals surface area contributed by atoms with Gasteiger partial charge < -0.3 is 9.47 Å². The molecule has 26 heavy (non-hydrogen) atoms. The van der Waals surface area contributed by atoms with Gasteiger partial charge in [0.05, 0.1) is 12.2 Å². The van der Waals surface area contributed by atoms with Gasteiger partial charge in [-0.3, -0.25) is 0 Å². The molecule has 1 N–H and O–H groups in total. The topological polar surface area (TPSA) is 77.1 Å². The summed E-state index contributed by atoms with van der Waals surface area (Å²) in [7, 11) is 0. The second-order valence-electron chi connectivity index (χ2n) is 5.25. The lowest BCUT2D eigenvalue weighted by Crippen LogP contribution is -2.06. The molecule has 1 aromatic heterocycles. The maximum Gasteiger partial charge on any atom is 0.361 e. The molecule has 8 heteroatoms. The van der Waals surface area contributed by atoms with Crippen molar-refractivity contribution in [3.8, 4) is 17.0 Å². The summed E-state index contributed by atoms with van der Waals surface area (Å²) in [5.41, 5.74) is 0.896. The minimum absolute atomic E-state index is 0.0777. The molecule has 2 aromatic carbocycles. The van der Waals surface area contributed by atoms with Gasteiger partial charge in [0.1, 0.15) is 29.7 Å². The van der Waals surface area contributed by atoms with Gasteiger partial charge in [0.25, 0.3) is 0 Å². The van der Waals surface area contributed by atoms with Crippen molar-refractivity contribution in [1.82, 2.24) is 15.4 Å². The fraction of sp³-hybridized carbons (Fsp3) is 0.167. The van der Waals surface area contributed by atoms with Crippen LogP contribution in [0.25, 0.3) is 11.3 Å². The van der Waals surface area contributed by atoms with Crippen LogP contribution in [0.2, 0.25) is 0 Å². The Kier molecular flexibility index (Phi) is 5.21. The fourth-order valence-electron chi connectivity index (χ4n) is 2.31. The summed E-state index contributed by atoms with van der Waals surface area (Å²) < 4.78 is 37.6. The normalized spacial score (nSPS) is 10.6. The molecule has 6 nitrogen and oxygen atoms in total. The molecule has 0 fully saturated rings. The van der Waals surface area contributed by atoms with Crippen molar-refractivity contribution >= 4 is 5.97 Å². The Morgan fingerprint density at radius 3 is 2.42 bits per heavy atom. The third kappa shape index (κ3) is 3.69. The molecule has 0 spiro atoms. The molecule has 0 amide bonds. The van der Waals surface area contributed by atoms with Gasteiger partial charge in [-0.05, 0) is 43.3 Å². The van der Waals surface area contributed by atoms with Crippen LogP contribution in [-0.4, -0.2) is 28.0 Å². The second kappa shape index (κ2) is 7.73. The molecule has 3 aromatic rings. The summed E-state index contributed by atoms with van der Waals surface area (Å²) in [5.74, 6) is -1.49. The number of esters is 1. The number of rotatable bonds is 6. The third-order valence-electron chi connectivity index (χ3n) is 3.59. The number of H-pyrrole nitrogens is 1. The van der Waals surface area contributed by atoms with Crippen molar-refractivity contribution < 1.29 is 23.0 Å². The van der Waals surface area contributed by atoms with Gasteiger partial charge in [0, 0.05) is 5.56 Å². The zero-order valence-corrected chi connectivity index (χ0v) is 13.8. The zero-order valence-electron chi connectivity index (χ0n) is 13.8. The molecule has 1 heterocycles. The van der Waals surface area contributed by atoms with Gasteiger partial charge in [-0.25, -0.2) is 13.6 Å². The summed E-state index contributed by atoms with van der Waals surface area (Å²) in [6.07, 6.45) is 0. The van der Waals surface area contributed by atoms with Gasteiger partial charge in [-0.1, -0.05) is 6.07 Å². The highest BCUT2D eigenvalue weighted by atomic mass is 19.1. The molecule has 134 valence electrons. The van der Waals surface area contributed by atoms with Crippen LogP contribution in [-0.2, 0) is 11.3 Å². The molecule has 0 saturated heterocycles. The van der Waals surface area contributed by atoms with Gasteiger partial charge in [-0.15, -0.1) is 5.10 Å². The van der Waals surface area contributed by atoms with Gasteiger partial charge in [0.2, 0.25) is 0 Å². The zero-order chi connectivity index (χ0) is 18.5. The first-order valence-corrected chi connectivity index (χ1v) is 7.84. The summed E-state index contributed by atoms with van der Waals surface area (Å²) in [6, 6.07) is 10.2.